The van der Waals surface area contributed by atoms with Gasteiger partial charge in [0, 0.05) is 18.5 Å². The van der Waals surface area contributed by atoms with Crippen LogP contribution in [0.3, 0.4) is 0 Å². The predicted molar refractivity (Wildman–Crippen MR) is 50.6 cm³/mol. The molecule has 0 aromatic rings. The molecule has 0 saturated heterocycles. The lowest BCUT2D eigenvalue weighted by Gasteiger charge is -2.19. The normalized spacial score (nSPS) is 15.3. The average molecular weight is 189 g/mol. The molecule has 0 radical (unpaired) electrons. The molecule has 0 bridgehead atoms. The zero-order chi connectivity index (χ0) is 10.3. The third-order valence-corrected chi connectivity index (χ3v) is 2.02. The largest absolute Gasteiger partial charge is 0.481 e. The van der Waals surface area contributed by atoms with Gasteiger partial charge in [-0.25, -0.2) is 0 Å². The van der Waals surface area contributed by atoms with Gasteiger partial charge in [0.05, 0.1) is 6.61 Å². The van der Waals surface area contributed by atoms with Crippen molar-refractivity contribution in [3.05, 3.63) is 0 Å². The molecule has 0 aliphatic carbocycles. The molecule has 0 heterocycles. The molecule has 0 amide bonds. The second kappa shape index (κ2) is 6.86. The van der Waals surface area contributed by atoms with Crippen LogP contribution in [-0.2, 0) is 4.79 Å². The van der Waals surface area contributed by atoms with Gasteiger partial charge in [0.1, 0.15) is 0 Å². The summed E-state index contributed by atoms with van der Waals surface area (Å²) in [6.07, 6.45) is 1.63. The van der Waals surface area contributed by atoms with Crippen LogP contribution in [0.1, 0.15) is 33.1 Å². The van der Waals surface area contributed by atoms with Crippen LogP contribution in [0.2, 0.25) is 0 Å². The second-order valence-corrected chi connectivity index (χ2v) is 3.29. The van der Waals surface area contributed by atoms with Crippen LogP contribution in [0, 0.1) is 0 Å². The summed E-state index contributed by atoms with van der Waals surface area (Å²) in [5, 5.41) is 20.5. The van der Waals surface area contributed by atoms with Crippen LogP contribution in [0.15, 0.2) is 0 Å². The maximum Gasteiger partial charge on any atom is 0.303 e. The Bertz CT molecular complexity index is 146. The van der Waals surface area contributed by atoms with Gasteiger partial charge >= 0.3 is 5.97 Å². The number of carbonyl (C=O) groups is 1. The van der Waals surface area contributed by atoms with Crippen LogP contribution in [0.25, 0.3) is 0 Å². The summed E-state index contributed by atoms with van der Waals surface area (Å²) in [6.45, 7) is 4.02. The quantitative estimate of drug-likeness (QED) is 0.548. The van der Waals surface area contributed by atoms with E-state index in [1.165, 1.54) is 0 Å². The Labute approximate surface area is 79.0 Å². The van der Waals surface area contributed by atoms with Gasteiger partial charge in [-0.15, -0.1) is 0 Å². The zero-order valence-corrected chi connectivity index (χ0v) is 8.29. The summed E-state index contributed by atoms with van der Waals surface area (Å²) in [7, 11) is 0. The summed E-state index contributed by atoms with van der Waals surface area (Å²) < 4.78 is 0. The van der Waals surface area contributed by atoms with Crippen molar-refractivity contribution < 1.29 is 15.0 Å². The Morgan fingerprint density at radius 2 is 2.15 bits per heavy atom. The number of aliphatic carboxylic acids is 1. The highest BCUT2D eigenvalue weighted by atomic mass is 16.4. The fourth-order valence-corrected chi connectivity index (χ4v) is 1.13. The van der Waals surface area contributed by atoms with Gasteiger partial charge < -0.3 is 15.5 Å². The van der Waals surface area contributed by atoms with Crippen molar-refractivity contribution in [2.75, 3.05) is 6.61 Å². The van der Waals surface area contributed by atoms with Gasteiger partial charge in [0.15, 0.2) is 0 Å². The topological polar surface area (TPSA) is 69.6 Å². The molecule has 4 nitrogen and oxygen atoms in total. The molecule has 0 rings (SSSR count). The minimum atomic E-state index is -0.773. The third-order valence-electron chi connectivity index (χ3n) is 2.02. The van der Waals surface area contributed by atoms with E-state index in [0.717, 1.165) is 6.42 Å². The first-order chi connectivity index (χ1) is 6.10. The lowest BCUT2D eigenvalue weighted by atomic mass is 10.1. The molecule has 0 spiro atoms. The highest BCUT2D eigenvalue weighted by Gasteiger charge is 2.09. The number of hydrogen-bond acceptors (Lipinski definition) is 3. The Hall–Kier alpha value is -0.610. The molecule has 4 heteroatoms. The zero-order valence-electron chi connectivity index (χ0n) is 8.29. The fraction of sp³-hybridized carbons (Fsp3) is 0.889. The Balaban J connectivity index is 3.59. The van der Waals surface area contributed by atoms with Gasteiger partial charge in [-0.1, -0.05) is 6.92 Å². The van der Waals surface area contributed by atoms with Gasteiger partial charge in [0.2, 0.25) is 0 Å². The summed E-state index contributed by atoms with van der Waals surface area (Å²) in [5.41, 5.74) is 0. The summed E-state index contributed by atoms with van der Waals surface area (Å²) >= 11 is 0. The lowest BCUT2D eigenvalue weighted by molar-refractivity contribution is -0.137. The van der Waals surface area contributed by atoms with Crippen LogP contribution >= 0.6 is 0 Å². The molecule has 0 aromatic heterocycles. The standard InChI is InChI=1S/C9H19NO3/c1-3-8(6-11)10-7(2)4-5-9(12)13/h7-8,10-11H,3-6H2,1-2H3,(H,12,13)/t7?,8-/m0/s1. The molecule has 2 atom stereocenters. The van der Waals surface area contributed by atoms with E-state index in [1.54, 1.807) is 0 Å². The number of carboxylic acids is 1. The van der Waals surface area contributed by atoms with Crippen LogP contribution < -0.4 is 5.32 Å². The van der Waals surface area contributed by atoms with E-state index in [9.17, 15) is 4.79 Å². The highest BCUT2D eigenvalue weighted by Crippen LogP contribution is 1.99. The molecule has 0 saturated carbocycles. The van der Waals surface area contributed by atoms with Gasteiger partial charge in [-0.05, 0) is 19.8 Å². The minimum Gasteiger partial charge on any atom is -0.481 e. The van der Waals surface area contributed by atoms with Crippen molar-refractivity contribution in [3.8, 4) is 0 Å². The van der Waals surface area contributed by atoms with Crippen LogP contribution in [0.4, 0.5) is 0 Å². The van der Waals surface area contributed by atoms with Crippen LogP contribution in [0.5, 0.6) is 0 Å². The number of aliphatic hydroxyl groups excluding tert-OH is 1. The van der Waals surface area contributed by atoms with Crippen molar-refractivity contribution in [2.45, 2.75) is 45.2 Å². The molecular formula is C9H19NO3. The lowest BCUT2D eigenvalue weighted by Crippen LogP contribution is -2.38. The fourth-order valence-electron chi connectivity index (χ4n) is 1.13. The summed E-state index contributed by atoms with van der Waals surface area (Å²) in [5.74, 6) is -0.773. The summed E-state index contributed by atoms with van der Waals surface area (Å²) in [4.78, 5) is 10.3. The van der Waals surface area contributed by atoms with Crippen molar-refractivity contribution in [3.63, 3.8) is 0 Å². The number of nitrogens with one attached hydrogen (secondary N) is 1. The van der Waals surface area contributed by atoms with Gasteiger partial charge in [-0.2, -0.15) is 0 Å². The number of rotatable bonds is 7. The van der Waals surface area contributed by atoms with Crippen molar-refractivity contribution in [1.29, 1.82) is 0 Å². The molecular weight excluding hydrogens is 170 g/mol. The molecule has 0 aromatic carbocycles. The van der Waals surface area contributed by atoms with Crippen molar-refractivity contribution >= 4 is 5.97 Å². The third kappa shape index (κ3) is 6.54. The second-order valence-electron chi connectivity index (χ2n) is 3.29. The Morgan fingerprint density at radius 1 is 1.54 bits per heavy atom. The van der Waals surface area contributed by atoms with Gasteiger partial charge in [0.25, 0.3) is 0 Å². The van der Waals surface area contributed by atoms with E-state index < -0.39 is 5.97 Å². The highest BCUT2D eigenvalue weighted by molar-refractivity contribution is 5.66. The maximum absolute atomic E-state index is 10.3. The first-order valence-corrected chi connectivity index (χ1v) is 4.68. The molecule has 13 heavy (non-hydrogen) atoms. The first-order valence-electron chi connectivity index (χ1n) is 4.68. The molecule has 78 valence electrons. The van der Waals surface area contributed by atoms with Crippen LogP contribution in [-0.4, -0.2) is 34.9 Å². The van der Waals surface area contributed by atoms with E-state index in [-0.39, 0.29) is 25.1 Å². The average Bonchev–Trinajstić information content (AvgIpc) is 2.10. The van der Waals surface area contributed by atoms with E-state index in [0.29, 0.717) is 6.42 Å². The van der Waals surface area contributed by atoms with E-state index in [4.69, 9.17) is 10.2 Å². The first kappa shape index (κ1) is 12.4. The SMILES string of the molecule is CC[C@@H](CO)NC(C)CCC(=O)O. The monoisotopic (exact) mass is 189 g/mol. The Kier molecular flexibility index (Phi) is 6.54. The number of hydrogen-bond donors (Lipinski definition) is 3. The van der Waals surface area contributed by atoms with E-state index >= 15 is 0 Å². The van der Waals surface area contributed by atoms with Crippen molar-refractivity contribution in [2.24, 2.45) is 0 Å². The van der Waals surface area contributed by atoms with E-state index in [1.807, 2.05) is 13.8 Å². The predicted octanol–water partition coefficient (Wildman–Crippen LogP) is 0.600. The molecule has 0 fully saturated rings. The number of aliphatic hydroxyl groups is 1. The Morgan fingerprint density at radius 3 is 2.54 bits per heavy atom. The smallest absolute Gasteiger partial charge is 0.303 e. The van der Waals surface area contributed by atoms with Crippen molar-refractivity contribution in [1.82, 2.24) is 5.32 Å². The van der Waals surface area contributed by atoms with Gasteiger partial charge in [-0.3, -0.25) is 4.79 Å². The molecule has 3 N–H and O–H groups in total. The molecule has 0 aliphatic rings. The minimum absolute atomic E-state index is 0.0868. The molecule has 0 aliphatic heterocycles. The summed E-state index contributed by atoms with van der Waals surface area (Å²) in [6, 6.07) is 0.233. The molecule has 1 unspecified atom stereocenters. The maximum atomic E-state index is 10.3. The van der Waals surface area contributed by atoms with E-state index in [2.05, 4.69) is 5.32 Å². The number of carboxylic acid groups (broad SMARTS) is 1.